The average Bonchev–Trinajstić information content (AvgIpc) is 2.70. The first kappa shape index (κ1) is 23.1. The number of nitro benzene ring substituents is 1. The lowest BCUT2D eigenvalue weighted by atomic mass is 10.2. The van der Waals surface area contributed by atoms with Crippen LogP contribution in [0.15, 0.2) is 52.3 Å². The summed E-state index contributed by atoms with van der Waals surface area (Å²) in [6, 6.07) is 10.1. The van der Waals surface area contributed by atoms with Crippen molar-refractivity contribution >= 4 is 35.8 Å². The third-order valence-corrected chi connectivity index (χ3v) is 5.35. The first-order valence-electron chi connectivity index (χ1n) is 8.83. The molecule has 2 aromatic rings. The number of ether oxygens (including phenoxy) is 1. The van der Waals surface area contributed by atoms with Gasteiger partial charge in [-0.05, 0) is 36.4 Å². The number of hydrogen-bond acceptors (Lipinski definition) is 6. The standard InChI is InChI=1S/C19H20FN3O4S.ClH/c20-15-2-4-16(5-3-15)28-18-6-1-14(13-17(18)23(25)26)19(24)21-7-8-22-9-11-27-12-10-22;/h1-6,13H,7-12H2,(H,21,24);1H. The van der Waals surface area contributed by atoms with E-state index in [1.165, 1.54) is 18.2 Å². The number of amides is 1. The molecule has 0 bridgehead atoms. The van der Waals surface area contributed by atoms with Gasteiger partial charge >= 0.3 is 0 Å². The van der Waals surface area contributed by atoms with Crippen LogP contribution in [-0.4, -0.2) is 55.1 Å². The maximum absolute atomic E-state index is 13.0. The summed E-state index contributed by atoms with van der Waals surface area (Å²) in [5.74, 6) is -0.724. The van der Waals surface area contributed by atoms with E-state index < -0.39 is 4.92 Å². The molecule has 3 rings (SSSR count). The first-order chi connectivity index (χ1) is 13.5. The number of hydrogen-bond donors (Lipinski definition) is 1. The van der Waals surface area contributed by atoms with Gasteiger partial charge < -0.3 is 10.1 Å². The maximum atomic E-state index is 13.0. The quantitative estimate of drug-likeness (QED) is 0.524. The fraction of sp³-hybridized carbons (Fsp3) is 0.316. The normalized spacial score (nSPS) is 14.1. The van der Waals surface area contributed by atoms with Crippen molar-refractivity contribution in [2.24, 2.45) is 0 Å². The molecule has 0 aromatic heterocycles. The Kier molecular flexibility index (Phi) is 8.84. The van der Waals surface area contributed by atoms with Crippen LogP contribution in [0.2, 0.25) is 0 Å². The summed E-state index contributed by atoms with van der Waals surface area (Å²) in [6.07, 6.45) is 0. The van der Waals surface area contributed by atoms with Crippen LogP contribution in [0.4, 0.5) is 10.1 Å². The third-order valence-electron chi connectivity index (χ3n) is 4.28. The third kappa shape index (κ3) is 6.67. The molecule has 2 aromatic carbocycles. The fourth-order valence-corrected chi connectivity index (χ4v) is 3.67. The van der Waals surface area contributed by atoms with Crippen molar-refractivity contribution in [1.29, 1.82) is 0 Å². The first-order valence-corrected chi connectivity index (χ1v) is 9.65. The Morgan fingerprint density at radius 3 is 2.55 bits per heavy atom. The largest absolute Gasteiger partial charge is 0.379 e. The highest BCUT2D eigenvalue weighted by Gasteiger charge is 2.19. The fourth-order valence-electron chi connectivity index (χ4n) is 2.77. The number of rotatable bonds is 7. The Hall–Kier alpha value is -2.20. The lowest BCUT2D eigenvalue weighted by Crippen LogP contribution is -2.41. The van der Waals surface area contributed by atoms with Gasteiger partial charge in [0, 0.05) is 42.7 Å². The summed E-state index contributed by atoms with van der Waals surface area (Å²) >= 11 is 1.15. The van der Waals surface area contributed by atoms with Gasteiger partial charge in [0.05, 0.1) is 23.0 Å². The van der Waals surface area contributed by atoms with E-state index in [1.807, 2.05) is 0 Å². The van der Waals surface area contributed by atoms with Gasteiger partial charge in [0.2, 0.25) is 0 Å². The molecule has 0 atom stereocenters. The molecule has 1 aliphatic heterocycles. The van der Waals surface area contributed by atoms with Gasteiger partial charge in [0.25, 0.3) is 11.6 Å². The Bertz CT molecular complexity index is 848. The van der Waals surface area contributed by atoms with Crippen LogP contribution in [-0.2, 0) is 4.74 Å². The van der Waals surface area contributed by atoms with Gasteiger partial charge in [-0.1, -0.05) is 11.8 Å². The molecule has 10 heteroatoms. The minimum absolute atomic E-state index is 0. The molecule has 0 saturated carbocycles. The number of morpholine rings is 1. The van der Waals surface area contributed by atoms with E-state index in [2.05, 4.69) is 10.2 Å². The number of benzene rings is 2. The van der Waals surface area contributed by atoms with Crippen molar-refractivity contribution in [3.8, 4) is 0 Å². The van der Waals surface area contributed by atoms with E-state index >= 15 is 0 Å². The molecule has 1 N–H and O–H groups in total. The number of nitro groups is 1. The number of nitrogens with one attached hydrogen (secondary N) is 1. The molecule has 0 unspecified atom stereocenters. The van der Waals surface area contributed by atoms with Gasteiger partial charge in [-0.3, -0.25) is 19.8 Å². The van der Waals surface area contributed by atoms with E-state index in [0.29, 0.717) is 36.1 Å². The van der Waals surface area contributed by atoms with Crippen LogP contribution in [0, 0.1) is 15.9 Å². The number of carbonyl (C=O) groups is 1. The average molecular weight is 442 g/mol. The Morgan fingerprint density at radius 2 is 1.90 bits per heavy atom. The summed E-state index contributed by atoms with van der Waals surface area (Å²) in [4.78, 5) is 26.5. The van der Waals surface area contributed by atoms with Crippen LogP contribution < -0.4 is 5.32 Å². The van der Waals surface area contributed by atoms with E-state index in [9.17, 15) is 19.3 Å². The molecule has 1 amide bonds. The highest BCUT2D eigenvalue weighted by atomic mass is 35.5. The zero-order chi connectivity index (χ0) is 19.9. The van der Waals surface area contributed by atoms with Crippen LogP contribution in [0.25, 0.3) is 0 Å². The molecule has 1 saturated heterocycles. The van der Waals surface area contributed by atoms with Crippen LogP contribution in [0.3, 0.4) is 0 Å². The van der Waals surface area contributed by atoms with Gasteiger partial charge in [-0.25, -0.2) is 4.39 Å². The number of nitrogens with zero attached hydrogens (tertiary/aromatic N) is 2. The zero-order valence-corrected chi connectivity index (χ0v) is 17.1. The zero-order valence-electron chi connectivity index (χ0n) is 15.5. The molecule has 1 aliphatic rings. The predicted molar refractivity (Wildman–Crippen MR) is 110 cm³/mol. The van der Waals surface area contributed by atoms with Crippen LogP contribution in [0.5, 0.6) is 0 Å². The summed E-state index contributed by atoms with van der Waals surface area (Å²) in [5, 5.41) is 14.2. The van der Waals surface area contributed by atoms with Crippen molar-refractivity contribution < 1.29 is 18.8 Å². The molecular weight excluding hydrogens is 421 g/mol. The van der Waals surface area contributed by atoms with Gasteiger partial charge in [0.15, 0.2) is 0 Å². The van der Waals surface area contributed by atoms with Crippen molar-refractivity contribution in [2.75, 3.05) is 39.4 Å². The van der Waals surface area contributed by atoms with Crippen molar-refractivity contribution in [3.63, 3.8) is 0 Å². The highest BCUT2D eigenvalue weighted by molar-refractivity contribution is 7.99. The van der Waals surface area contributed by atoms with Crippen molar-refractivity contribution in [3.05, 3.63) is 64.0 Å². The molecule has 0 spiro atoms. The summed E-state index contributed by atoms with van der Waals surface area (Å²) in [5.41, 5.74) is 0.0762. The Labute approximate surface area is 178 Å². The van der Waals surface area contributed by atoms with Gasteiger partial charge in [0.1, 0.15) is 5.82 Å². The Balaban J connectivity index is 0.00000300. The summed E-state index contributed by atoms with van der Waals surface area (Å²) in [7, 11) is 0. The smallest absolute Gasteiger partial charge is 0.284 e. The number of halogens is 2. The van der Waals surface area contributed by atoms with Gasteiger partial charge in [-0.15, -0.1) is 12.4 Å². The second-order valence-electron chi connectivity index (χ2n) is 6.21. The molecule has 29 heavy (non-hydrogen) atoms. The van der Waals surface area contributed by atoms with Crippen LogP contribution in [0.1, 0.15) is 10.4 Å². The van der Waals surface area contributed by atoms with Gasteiger partial charge in [-0.2, -0.15) is 0 Å². The van der Waals surface area contributed by atoms with E-state index in [1.54, 1.807) is 24.3 Å². The SMILES string of the molecule is Cl.O=C(NCCN1CCOCC1)c1ccc(Sc2ccc(F)cc2)c([N+](=O)[O-])c1. The van der Waals surface area contributed by atoms with Crippen LogP contribution >= 0.6 is 24.2 Å². The predicted octanol–water partition coefficient (Wildman–Crippen LogP) is 3.37. The van der Waals surface area contributed by atoms with E-state index in [-0.39, 0.29) is 35.4 Å². The summed E-state index contributed by atoms with van der Waals surface area (Å²) < 4.78 is 18.3. The van der Waals surface area contributed by atoms with E-state index in [0.717, 1.165) is 24.9 Å². The second kappa shape index (κ2) is 11.1. The van der Waals surface area contributed by atoms with E-state index in [4.69, 9.17) is 4.74 Å². The number of carbonyl (C=O) groups excluding carboxylic acids is 1. The molecule has 0 aliphatic carbocycles. The topological polar surface area (TPSA) is 84.7 Å². The molecule has 0 radical (unpaired) electrons. The molecule has 7 nitrogen and oxygen atoms in total. The lowest BCUT2D eigenvalue weighted by Gasteiger charge is -2.26. The van der Waals surface area contributed by atoms with Crippen molar-refractivity contribution in [2.45, 2.75) is 9.79 Å². The summed E-state index contributed by atoms with van der Waals surface area (Å²) in [6.45, 7) is 4.20. The molecule has 1 fully saturated rings. The highest BCUT2D eigenvalue weighted by Crippen LogP contribution is 2.35. The molecule has 1 heterocycles. The Morgan fingerprint density at radius 1 is 1.21 bits per heavy atom. The van der Waals surface area contributed by atoms with Crippen molar-refractivity contribution in [1.82, 2.24) is 10.2 Å². The molecular formula is C19H21ClFN3O4S. The second-order valence-corrected chi connectivity index (χ2v) is 7.32. The monoisotopic (exact) mass is 441 g/mol. The minimum Gasteiger partial charge on any atom is -0.379 e. The maximum Gasteiger partial charge on any atom is 0.284 e. The lowest BCUT2D eigenvalue weighted by molar-refractivity contribution is -0.387. The minimum atomic E-state index is -0.517. The molecule has 156 valence electrons.